The lowest BCUT2D eigenvalue weighted by atomic mass is 10.2. The van der Waals surface area contributed by atoms with Crippen LogP contribution in [0, 0.1) is 6.92 Å². The molecule has 1 aromatic carbocycles. The zero-order valence-electron chi connectivity index (χ0n) is 7.78. The van der Waals surface area contributed by atoms with Gasteiger partial charge in [0.2, 0.25) is 0 Å². The minimum Gasteiger partial charge on any atom is -0.374 e. The molecule has 1 N–H and O–H groups in total. The second kappa shape index (κ2) is 3.59. The summed E-state index contributed by atoms with van der Waals surface area (Å²) >= 11 is 0. The fourth-order valence-corrected chi connectivity index (χ4v) is 0.996. The van der Waals surface area contributed by atoms with Crippen molar-refractivity contribution in [2.45, 2.75) is 20.1 Å². The van der Waals surface area contributed by atoms with Crippen molar-refractivity contribution in [1.29, 1.82) is 0 Å². The van der Waals surface area contributed by atoms with Crippen LogP contribution in [0.3, 0.4) is 0 Å². The van der Waals surface area contributed by atoms with Crippen LogP contribution in [0.1, 0.15) is 12.5 Å². The van der Waals surface area contributed by atoms with Crippen LogP contribution in [-0.2, 0) is 0 Å². The van der Waals surface area contributed by atoms with Gasteiger partial charge in [-0.2, -0.15) is 0 Å². The summed E-state index contributed by atoms with van der Waals surface area (Å²) < 4.78 is 0. The maximum absolute atomic E-state index is 9.27. The lowest BCUT2D eigenvalue weighted by Gasteiger charge is -2.22. The van der Waals surface area contributed by atoms with Crippen LogP contribution in [0.2, 0.25) is 0 Å². The molecule has 12 heavy (non-hydrogen) atoms. The smallest absolute Gasteiger partial charge is 0.123 e. The number of hydrogen-bond acceptors (Lipinski definition) is 2. The van der Waals surface area contributed by atoms with E-state index >= 15 is 0 Å². The van der Waals surface area contributed by atoms with E-state index in [2.05, 4.69) is 0 Å². The van der Waals surface area contributed by atoms with Gasteiger partial charge in [-0.15, -0.1) is 0 Å². The van der Waals surface area contributed by atoms with Crippen molar-refractivity contribution in [3.05, 3.63) is 29.8 Å². The molecular weight excluding hydrogens is 150 g/mol. The molecule has 1 rings (SSSR count). The molecule has 2 heteroatoms. The minimum absolute atomic E-state index is 0.437. The van der Waals surface area contributed by atoms with Crippen molar-refractivity contribution < 1.29 is 5.11 Å². The molecule has 2 nitrogen and oxygen atoms in total. The van der Waals surface area contributed by atoms with Gasteiger partial charge in [0.05, 0.1) is 0 Å². The highest BCUT2D eigenvalue weighted by molar-refractivity contribution is 5.46. The predicted molar refractivity (Wildman–Crippen MR) is 51.3 cm³/mol. The van der Waals surface area contributed by atoms with Gasteiger partial charge in [0.15, 0.2) is 0 Å². The average Bonchev–Trinajstić information content (AvgIpc) is 2.04. The average molecular weight is 165 g/mol. The Morgan fingerprint density at radius 3 is 2.17 bits per heavy atom. The molecule has 0 saturated heterocycles. The monoisotopic (exact) mass is 165 g/mol. The van der Waals surface area contributed by atoms with Crippen molar-refractivity contribution in [2.24, 2.45) is 0 Å². The SMILES string of the molecule is Cc1ccc(N(C)C(C)O)cc1. The van der Waals surface area contributed by atoms with Crippen LogP contribution >= 0.6 is 0 Å². The minimum atomic E-state index is -0.437. The van der Waals surface area contributed by atoms with Gasteiger partial charge in [0, 0.05) is 12.7 Å². The molecule has 0 aliphatic heterocycles. The van der Waals surface area contributed by atoms with Crippen molar-refractivity contribution >= 4 is 5.69 Å². The van der Waals surface area contributed by atoms with Crippen LogP contribution in [0.5, 0.6) is 0 Å². The van der Waals surface area contributed by atoms with E-state index in [9.17, 15) is 5.11 Å². The molecule has 0 heterocycles. The fourth-order valence-electron chi connectivity index (χ4n) is 0.996. The molecule has 0 fully saturated rings. The number of anilines is 1. The van der Waals surface area contributed by atoms with Gasteiger partial charge in [-0.05, 0) is 26.0 Å². The standard InChI is InChI=1S/C10H15NO/c1-8-4-6-10(7-5-8)11(3)9(2)12/h4-7,9,12H,1-3H3. The highest BCUT2D eigenvalue weighted by Gasteiger charge is 2.04. The first-order chi connectivity index (χ1) is 5.61. The van der Waals surface area contributed by atoms with E-state index in [1.807, 2.05) is 43.1 Å². The molecule has 0 amide bonds. The summed E-state index contributed by atoms with van der Waals surface area (Å²) in [5.74, 6) is 0. The van der Waals surface area contributed by atoms with Crippen molar-refractivity contribution in [2.75, 3.05) is 11.9 Å². The molecule has 0 aromatic heterocycles. The van der Waals surface area contributed by atoms with Crippen molar-refractivity contribution in [3.63, 3.8) is 0 Å². The van der Waals surface area contributed by atoms with E-state index in [1.165, 1.54) is 5.56 Å². The largest absolute Gasteiger partial charge is 0.374 e. The lowest BCUT2D eigenvalue weighted by molar-refractivity contribution is 0.195. The highest BCUT2D eigenvalue weighted by atomic mass is 16.3. The third-order valence-electron chi connectivity index (χ3n) is 2.00. The number of aliphatic hydroxyl groups excluding tert-OH is 1. The Morgan fingerprint density at radius 1 is 1.25 bits per heavy atom. The van der Waals surface area contributed by atoms with E-state index in [-0.39, 0.29) is 0 Å². The molecular formula is C10H15NO. The molecule has 1 atom stereocenters. The maximum atomic E-state index is 9.27. The van der Waals surface area contributed by atoms with Gasteiger partial charge in [0.1, 0.15) is 6.23 Å². The Morgan fingerprint density at radius 2 is 1.75 bits per heavy atom. The zero-order chi connectivity index (χ0) is 9.14. The van der Waals surface area contributed by atoms with E-state index in [1.54, 1.807) is 6.92 Å². The van der Waals surface area contributed by atoms with Crippen LogP contribution in [0.25, 0.3) is 0 Å². The molecule has 0 bridgehead atoms. The topological polar surface area (TPSA) is 23.5 Å². The Bertz CT molecular complexity index is 241. The third kappa shape index (κ3) is 1.98. The Balaban J connectivity index is 2.82. The highest BCUT2D eigenvalue weighted by Crippen LogP contribution is 2.14. The Kier molecular flexibility index (Phi) is 2.71. The predicted octanol–water partition coefficient (Wildman–Crippen LogP) is 1.77. The first-order valence-electron chi connectivity index (χ1n) is 4.09. The van der Waals surface area contributed by atoms with Crippen LogP contribution < -0.4 is 4.90 Å². The molecule has 0 spiro atoms. The number of rotatable bonds is 2. The third-order valence-corrected chi connectivity index (χ3v) is 2.00. The zero-order valence-corrected chi connectivity index (χ0v) is 7.78. The lowest BCUT2D eigenvalue weighted by Crippen LogP contribution is -2.27. The number of aryl methyl sites for hydroxylation is 1. The van der Waals surface area contributed by atoms with Crippen molar-refractivity contribution in [1.82, 2.24) is 0 Å². The summed E-state index contributed by atoms with van der Waals surface area (Å²) in [6.07, 6.45) is -0.437. The van der Waals surface area contributed by atoms with Crippen LogP contribution in [0.4, 0.5) is 5.69 Å². The summed E-state index contributed by atoms with van der Waals surface area (Å²) in [4.78, 5) is 1.82. The molecule has 0 saturated carbocycles. The Labute approximate surface area is 73.4 Å². The van der Waals surface area contributed by atoms with Gasteiger partial charge in [-0.1, -0.05) is 17.7 Å². The summed E-state index contributed by atoms with van der Waals surface area (Å²) in [5.41, 5.74) is 2.27. The number of benzene rings is 1. The van der Waals surface area contributed by atoms with Gasteiger partial charge in [-0.3, -0.25) is 0 Å². The summed E-state index contributed by atoms with van der Waals surface area (Å²) in [5, 5.41) is 9.27. The van der Waals surface area contributed by atoms with Crippen LogP contribution in [-0.4, -0.2) is 18.4 Å². The molecule has 0 radical (unpaired) electrons. The van der Waals surface area contributed by atoms with Gasteiger partial charge < -0.3 is 10.0 Å². The normalized spacial score (nSPS) is 12.7. The molecule has 0 aliphatic carbocycles. The number of aliphatic hydroxyl groups is 1. The van der Waals surface area contributed by atoms with E-state index < -0.39 is 6.23 Å². The second-order valence-electron chi connectivity index (χ2n) is 3.08. The quantitative estimate of drug-likeness (QED) is 0.675. The first-order valence-corrected chi connectivity index (χ1v) is 4.09. The van der Waals surface area contributed by atoms with Gasteiger partial charge in [0.25, 0.3) is 0 Å². The molecule has 1 aromatic rings. The molecule has 0 aliphatic rings. The van der Waals surface area contributed by atoms with Gasteiger partial charge in [-0.25, -0.2) is 0 Å². The first kappa shape index (κ1) is 9.07. The maximum Gasteiger partial charge on any atom is 0.123 e. The van der Waals surface area contributed by atoms with E-state index in [4.69, 9.17) is 0 Å². The van der Waals surface area contributed by atoms with Gasteiger partial charge >= 0.3 is 0 Å². The number of hydrogen-bond donors (Lipinski definition) is 1. The van der Waals surface area contributed by atoms with E-state index in [0.717, 1.165) is 5.69 Å². The van der Waals surface area contributed by atoms with E-state index in [0.29, 0.717) is 0 Å². The Hall–Kier alpha value is -1.02. The summed E-state index contributed by atoms with van der Waals surface area (Å²) in [7, 11) is 1.87. The summed E-state index contributed by atoms with van der Waals surface area (Å²) in [6.45, 7) is 3.80. The second-order valence-corrected chi connectivity index (χ2v) is 3.08. The molecule has 1 unspecified atom stereocenters. The fraction of sp³-hybridized carbons (Fsp3) is 0.400. The molecule has 66 valence electrons. The summed E-state index contributed by atoms with van der Waals surface area (Å²) in [6, 6.07) is 8.08. The van der Waals surface area contributed by atoms with Crippen LogP contribution in [0.15, 0.2) is 24.3 Å². The van der Waals surface area contributed by atoms with Crippen molar-refractivity contribution in [3.8, 4) is 0 Å². The number of nitrogens with zero attached hydrogens (tertiary/aromatic N) is 1.